The zero-order valence-electron chi connectivity index (χ0n) is 18.9. The molecule has 1 aliphatic heterocycles. The first-order valence-corrected chi connectivity index (χ1v) is 11.5. The van der Waals surface area contributed by atoms with E-state index in [1.165, 1.54) is 0 Å². The summed E-state index contributed by atoms with van der Waals surface area (Å²) in [5, 5.41) is 14.9. The molecule has 4 rings (SSSR count). The van der Waals surface area contributed by atoms with E-state index in [-0.39, 0.29) is 18.9 Å². The molecule has 1 saturated heterocycles. The molecule has 0 unspecified atom stereocenters. The zero-order valence-corrected chi connectivity index (χ0v) is 20.4. The number of hydrogen-bond donors (Lipinski definition) is 2. The lowest BCUT2D eigenvalue weighted by Crippen LogP contribution is -2.66. The largest absolute Gasteiger partial charge is 0.465 e. The number of aromatic nitrogens is 2. The van der Waals surface area contributed by atoms with E-state index in [1.54, 1.807) is 63.2 Å². The predicted octanol–water partition coefficient (Wildman–Crippen LogP) is 4.72. The van der Waals surface area contributed by atoms with Gasteiger partial charge in [-0.05, 0) is 51.1 Å². The van der Waals surface area contributed by atoms with E-state index < -0.39 is 23.2 Å². The first-order valence-electron chi connectivity index (χ1n) is 10.7. The van der Waals surface area contributed by atoms with Crippen molar-refractivity contribution in [2.24, 2.45) is 0 Å². The van der Waals surface area contributed by atoms with E-state index >= 15 is 0 Å². The summed E-state index contributed by atoms with van der Waals surface area (Å²) in [4.78, 5) is 36.4. The maximum absolute atomic E-state index is 13.7. The molecule has 34 heavy (non-hydrogen) atoms. The summed E-state index contributed by atoms with van der Waals surface area (Å²) in [5.74, 6) is -0.742. The number of benzene rings is 2. The van der Waals surface area contributed by atoms with E-state index in [0.29, 0.717) is 33.2 Å². The van der Waals surface area contributed by atoms with Gasteiger partial charge in [-0.1, -0.05) is 35.3 Å². The first kappa shape index (κ1) is 24.2. The minimum atomic E-state index is -1.80. The van der Waals surface area contributed by atoms with Crippen LogP contribution in [0.3, 0.4) is 0 Å². The zero-order chi connectivity index (χ0) is 24.7. The number of carbonyl (C=O) groups excluding carboxylic acids is 1. The fraction of sp³-hybridized carbons (Fsp3) is 0.333. The molecule has 1 aliphatic rings. The summed E-state index contributed by atoms with van der Waals surface area (Å²) in [6.45, 7) is 5.56. The monoisotopic (exact) mass is 502 g/mol. The normalized spacial score (nSPS) is 18.7. The number of nitrogens with one attached hydrogen (secondary N) is 1. The SMILES string of the molecule is CC(C)(C)OC(=O)[C@@]1(c2nc(-c3ccc(Cl)cc3)c3ccc(Cl)cc3n2)CNCCN1C(=O)O. The molecule has 1 aromatic heterocycles. The molecule has 1 atom stereocenters. The highest BCUT2D eigenvalue weighted by Crippen LogP contribution is 2.36. The molecule has 2 N–H and O–H groups in total. The molecule has 8 nitrogen and oxygen atoms in total. The average Bonchev–Trinajstić information content (AvgIpc) is 2.77. The van der Waals surface area contributed by atoms with Gasteiger partial charge in [0.15, 0.2) is 5.82 Å². The molecule has 2 heterocycles. The van der Waals surface area contributed by atoms with Crippen molar-refractivity contribution < 1.29 is 19.4 Å². The molecule has 10 heteroatoms. The van der Waals surface area contributed by atoms with Crippen LogP contribution in [0.2, 0.25) is 10.0 Å². The maximum atomic E-state index is 13.7. The van der Waals surface area contributed by atoms with E-state index in [0.717, 1.165) is 10.5 Å². The van der Waals surface area contributed by atoms with Gasteiger partial charge in [-0.25, -0.2) is 19.6 Å². The Bertz CT molecular complexity index is 1260. The third-order valence-electron chi connectivity index (χ3n) is 5.47. The lowest BCUT2D eigenvalue weighted by atomic mass is 9.92. The van der Waals surface area contributed by atoms with Gasteiger partial charge in [0.25, 0.3) is 0 Å². The molecule has 0 bridgehead atoms. The van der Waals surface area contributed by atoms with Crippen molar-refractivity contribution in [3.63, 3.8) is 0 Å². The number of halogens is 2. The molecule has 1 fully saturated rings. The summed E-state index contributed by atoms with van der Waals surface area (Å²) < 4.78 is 5.71. The molecular weight excluding hydrogens is 479 g/mol. The van der Waals surface area contributed by atoms with Crippen LogP contribution in [0.5, 0.6) is 0 Å². The lowest BCUT2D eigenvalue weighted by molar-refractivity contribution is -0.171. The fourth-order valence-corrected chi connectivity index (χ4v) is 4.25. The highest BCUT2D eigenvalue weighted by Gasteiger charge is 2.55. The van der Waals surface area contributed by atoms with Gasteiger partial charge in [-0.2, -0.15) is 0 Å². The lowest BCUT2D eigenvalue weighted by Gasteiger charge is -2.43. The number of esters is 1. The van der Waals surface area contributed by atoms with Crippen LogP contribution in [0.1, 0.15) is 26.6 Å². The summed E-state index contributed by atoms with van der Waals surface area (Å²) in [6.07, 6.45) is -1.27. The number of ether oxygens (including phenoxy) is 1. The standard InChI is InChI=1S/C24H24Cl2N4O4/c1-23(2,3)34-21(31)24(13-27-10-11-30(24)22(32)33)20-28-18-12-16(26)8-9-17(18)19(29-20)14-4-6-15(25)7-5-14/h4-9,12,27H,10-11,13H2,1-3H3,(H,32,33)/t24-/m0/s1. The predicted molar refractivity (Wildman–Crippen MR) is 130 cm³/mol. The number of nitrogens with zero attached hydrogens (tertiary/aromatic N) is 3. The van der Waals surface area contributed by atoms with Gasteiger partial charge in [0.05, 0.1) is 11.2 Å². The number of carbonyl (C=O) groups is 2. The number of amides is 1. The van der Waals surface area contributed by atoms with Gasteiger partial charge in [0.2, 0.25) is 5.54 Å². The Morgan fingerprint density at radius 1 is 1.09 bits per heavy atom. The van der Waals surface area contributed by atoms with Crippen LogP contribution in [-0.4, -0.2) is 57.3 Å². The minimum Gasteiger partial charge on any atom is -0.465 e. The molecular formula is C24H24Cl2N4O4. The third-order valence-corrected chi connectivity index (χ3v) is 5.95. The molecule has 178 valence electrons. The molecule has 2 aromatic carbocycles. The van der Waals surface area contributed by atoms with Gasteiger partial charge in [-0.3, -0.25) is 4.90 Å². The Balaban J connectivity index is 2.03. The van der Waals surface area contributed by atoms with Crippen LogP contribution in [0, 0.1) is 0 Å². The van der Waals surface area contributed by atoms with E-state index in [4.69, 9.17) is 32.9 Å². The van der Waals surface area contributed by atoms with Crippen molar-refractivity contribution in [2.75, 3.05) is 19.6 Å². The Morgan fingerprint density at radius 2 is 1.76 bits per heavy atom. The van der Waals surface area contributed by atoms with Crippen molar-refractivity contribution in [1.82, 2.24) is 20.2 Å². The number of rotatable bonds is 3. The van der Waals surface area contributed by atoms with Crippen LogP contribution in [0.4, 0.5) is 4.79 Å². The topological polar surface area (TPSA) is 105 Å². The Labute approximate surface area is 206 Å². The smallest absolute Gasteiger partial charge is 0.408 e. The highest BCUT2D eigenvalue weighted by molar-refractivity contribution is 6.31. The second-order valence-electron chi connectivity index (χ2n) is 9.04. The first-order chi connectivity index (χ1) is 16.0. The van der Waals surface area contributed by atoms with Crippen molar-refractivity contribution in [3.8, 4) is 11.3 Å². The van der Waals surface area contributed by atoms with Crippen molar-refractivity contribution in [2.45, 2.75) is 31.9 Å². The third kappa shape index (κ3) is 4.53. The van der Waals surface area contributed by atoms with Gasteiger partial charge >= 0.3 is 12.1 Å². The molecule has 0 aliphatic carbocycles. The number of carboxylic acid groups (broad SMARTS) is 1. The van der Waals surface area contributed by atoms with Crippen LogP contribution >= 0.6 is 23.2 Å². The summed E-state index contributed by atoms with van der Waals surface area (Å²) in [7, 11) is 0. The quantitative estimate of drug-likeness (QED) is 0.499. The summed E-state index contributed by atoms with van der Waals surface area (Å²) >= 11 is 12.3. The Hall–Kier alpha value is -2.94. The van der Waals surface area contributed by atoms with Crippen LogP contribution in [-0.2, 0) is 15.1 Å². The van der Waals surface area contributed by atoms with Crippen LogP contribution < -0.4 is 5.32 Å². The van der Waals surface area contributed by atoms with Gasteiger partial charge < -0.3 is 15.2 Å². The molecule has 0 radical (unpaired) electrons. The van der Waals surface area contributed by atoms with Crippen molar-refractivity contribution in [1.29, 1.82) is 0 Å². The Morgan fingerprint density at radius 3 is 2.41 bits per heavy atom. The number of fused-ring (bicyclic) bond motifs is 1. The van der Waals surface area contributed by atoms with Crippen molar-refractivity contribution in [3.05, 3.63) is 58.3 Å². The maximum Gasteiger partial charge on any atom is 0.408 e. The van der Waals surface area contributed by atoms with Gasteiger partial charge in [0.1, 0.15) is 5.60 Å². The average molecular weight is 503 g/mol. The van der Waals surface area contributed by atoms with Gasteiger partial charge in [-0.15, -0.1) is 0 Å². The highest BCUT2D eigenvalue weighted by atomic mass is 35.5. The second-order valence-corrected chi connectivity index (χ2v) is 9.91. The Kier molecular flexibility index (Phi) is 6.42. The van der Waals surface area contributed by atoms with Crippen LogP contribution in [0.15, 0.2) is 42.5 Å². The minimum absolute atomic E-state index is 0.0102. The van der Waals surface area contributed by atoms with Crippen molar-refractivity contribution >= 4 is 46.2 Å². The fourth-order valence-electron chi connectivity index (χ4n) is 3.96. The number of piperazine rings is 1. The summed E-state index contributed by atoms with van der Waals surface area (Å²) in [6, 6.07) is 12.2. The second kappa shape index (κ2) is 9.02. The van der Waals surface area contributed by atoms with Crippen LogP contribution in [0.25, 0.3) is 22.2 Å². The number of hydrogen-bond acceptors (Lipinski definition) is 6. The van der Waals surface area contributed by atoms with E-state index in [2.05, 4.69) is 10.3 Å². The molecule has 0 saturated carbocycles. The molecule has 1 amide bonds. The summed E-state index contributed by atoms with van der Waals surface area (Å²) in [5.41, 5.74) is -0.932. The van der Waals surface area contributed by atoms with Gasteiger partial charge in [0, 0.05) is 40.6 Å². The van der Waals surface area contributed by atoms with E-state index in [1.807, 2.05) is 0 Å². The molecule has 0 spiro atoms. The van der Waals surface area contributed by atoms with E-state index in [9.17, 15) is 14.7 Å². The molecule has 3 aromatic rings.